The van der Waals surface area contributed by atoms with Crippen LogP contribution in [0.5, 0.6) is 0 Å². The lowest BCUT2D eigenvalue weighted by Crippen LogP contribution is -2.47. The zero-order valence-electron chi connectivity index (χ0n) is 15.7. The first-order chi connectivity index (χ1) is 13.6. The molecule has 1 saturated carbocycles. The molecule has 2 fully saturated rings. The molecular weight excluding hydrogens is 422 g/mol. The molecule has 1 saturated heterocycles. The molecule has 1 aromatic heterocycles. The Morgan fingerprint density at radius 3 is 2.50 bits per heavy atom. The number of nitrogens with zero attached hydrogens (tertiary/aromatic N) is 4. The predicted octanol–water partition coefficient (Wildman–Crippen LogP) is 3.90. The van der Waals surface area contributed by atoms with Crippen LogP contribution in [0.15, 0.2) is 41.0 Å². The Kier molecular flexibility index (Phi) is 5.77. The number of aromatic nitrogens is 1. The first-order valence-corrected chi connectivity index (χ1v) is 10.5. The highest BCUT2D eigenvalue weighted by Gasteiger charge is 2.26. The lowest BCUT2D eigenvalue weighted by Gasteiger charge is -2.36. The second kappa shape index (κ2) is 8.45. The zero-order chi connectivity index (χ0) is 19.5. The van der Waals surface area contributed by atoms with E-state index < -0.39 is 4.92 Å². The summed E-state index contributed by atoms with van der Waals surface area (Å²) < 4.78 is 0.586. The monoisotopic (exact) mass is 445 g/mol. The summed E-state index contributed by atoms with van der Waals surface area (Å²) in [4.78, 5) is 19.5. The molecule has 2 aliphatic rings. The minimum absolute atomic E-state index is 0.0287. The Bertz CT molecular complexity index is 833. The van der Waals surface area contributed by atoms with Crippen LogP contribution >= 0.6 is 15.9 Å². The molecule has 2 heterocycles. The molecule has 4 rings (SSSR count). The molecule has 1 aliphatic heterocycles. The smallest absolute Gasteiger partial charge is 0.288 e. The molecule has 2 aromatic rings. The van der Waals surface area contributed by atoms with E-state index in [9.17, 15) is 10.1 Å². The Balaban J connectivity index is 1.29. The number of hydrogen-bond acceptors (Lipinski definition) is 6. The van der Waals surface area contributed by atoms with Crippen molar-refractivity contribution in [2.75, 3.05) is 42.9 Å². The van der Waals surface area contributed by atoms with Crippen molar-refractivity contribution < 1.29 is 4.92 Å². The van der Waals surface area contributed by atoms with Gasteiger partial charge < -0.3 is 10.2 Å². The minimum atomic E-state index is -0.452. The highest BCUT2D eigenvalue weighted by atomic mass is 79.9. The summed E-state index contributed by atoms with van der Waals surface area (Å²) in [6.45, 7) is 6.37. The normalized spacial score (nSPS) is 17.5. The molecule has 1 N–H and O–H groups in total. The van der Waals surface area contributed by atoms with Crippen molar-refractivity contribution in [3.8, 4) is 0 Å². The zero-order valence-corrected chi connectivity index (χ0v) is 17.3. The van der Waals surface area contributed by atoms with Gasteiger partial charge in [-0.05, 0) is 52.4 Å². The summed E-state index contributed by atoms with van der Waals surface area (Å²) in [5.74, 6) is 1.56. The average molecular weight is 446 g/mol. The van der Waals surface area contributed by atoms with Crippen LogP contribution in [0.4, 0.5) is 17.2 Å². The summed E-state index contributed by atoms with van der Waals surface area (Å²) in [7, 11) is 0. The van der Waals surface area contributed by atoms with Gasteiger partial charge in [-0.15, -0.1) is 0 Å². The van der Waals surface area contributed by atoms with Crippen molar-refractivity contribution in [3.05, 3.63) is 56.7 Å². The second-order valence-electron chi connectivity index (χ2n) is 7.53. The number of nitro groups is 1. The van der Waals surface area contributed by atoms with Gasteiger partial charge in [0.1, 0.15) is 12.0 Å². The Morgan fingerprint density at radius 2 is 1.89 bits per heavy atom. The van der Waals surface area contributed by atoms with Crippen LogP contribution in [-0.2, 0) is 6.54 Å². The quantitative estimate of drug-likeness (QED) is 0.514. The van der Waals surface area contributed by atoms with Crippen molar-refractivity contribution in [1.29, 1.82) is 0 Å². The van der Waals surface area contributed by atoms with Gasteiger partial charge in [0.25, 0.3) is 5.69 Å². The number of anilines is 2. The Labute approximate surface area is 173 Å². The fourth-order valence-electron chi connectivity index (χ4n) is 3.52. The Hall–Kier alpha value is -2.19. The number of halogens is 1. The van der Waals surface area contributed by atoms with Crippen molar-refractivity contribution in [3.63, 3.8) is 0 Å². The summed E-state index contributed by atoms with van der Waals surface area (Å²) in [6, 6.07) is 10.1. The highest BCUT2D eigenvalue weighted by molar-refractivity contribution is 9.10. The van der Waals surface area contributed by atoms with Crippen LogP contribution in [0, 0.1) is 16.0 Å². The molecule has 148 valence electrons. The fourth-order valence-corrected chi connectivity index (χ4v) is 4.00. The first kappa shape index (κ1) is 19.1. The van der Waals surface area contributed by atoms with E-state index in [2.05, 4.69) is 60.3 Å². The first-order valence-electron chi connectivity index (χ1n) is 9.68. The third-order valence-electron chi connectivity index (χ3n) is 5.38. The fraction of sp³-hybridized carbons (Fsp3) is 0.450. The second-order valence-corrected chi connectivity index (χ2v) is 8.39. The summed E-state index contributed by atoms with van der Waals surface area (Å²) in [5, 5.41) is 14.0. The molecular formula is C20H24BrN5O2. The van der Waals surface area contributed by atoms with E-state index in [1.54, 1.807) is 0 Å². The maximum absolute atomic E-state index is 10.8. The molecule has 0 amide bonds. The van der Waals surface area contributed by atoms with E-state index in [1.165, 1.54) is 37.3 Å². The number of benzene rings is 1. The molecule has 8 heteroatoms. The topological polar surface area (TPSA) is 74.5 Å². The maximum Gasteiger partial charge on any atom is 0.288 e. The number of piperazine rings is 1. The van der Waals surface area contributed by atoms with Crippen molar-refractivity contribution in [2.24, 2.45) is 5.92 Å². The molecule has 28 heavy (non-hydrogen) atoms. The van der Waals surface area contributed by atoms with Crippen molar-refractivity contribution in [1.82, 2.24) is 9.88 Å². The van der Waals surface area contributed by atoms with E-state index in [0.29, 0.717) is 16.8 Å². The minimum Gasteiger partial charge on any atom is -0.369 e. The van der Waals surface area contributed by atoms with Crippen LogP contribution in [0.25, 0.3) is 0 Å². The summed E-state index contributed by atoms with van der Waals surface area (Å²) in [5.41, 5.74) is 2.38. The molecule has 1 aromatic carbocycles. The van der Waals surface area contributed by atoms with Crippen LogP contribution in [0.1, 0.15) is 18.4 Å². The Morgan fingerprint density at radius 1 is 1.18 bits per heavy atom. The van der Waals surface area contributed by atoms with Crippen LogP contribution < -0.4 is 10.2 Å². The van der Waals surface area contributed by atoms with Crippen LogP contribution in [0.3, 0.4) is 0 Å². The van der Waals surface area contributed by atoms with Gasteiger partial charge in [-0.1, -0.05) is 12.1 Å². The standard InChI is InChI=1S/C20H24BrN5O2/c21-19-11-18(26(27)28)13-23-20(19)22-12-15-3-5-17(6-4-15)25-9-7-24(8-10-25)14-16-1-2-16/h3-6,11,13,16H,1-2,7-10,12,14H2,(H,22,23). The van der Waals surface area contributed by atoms with Crippen molar-refractivity contribution in [2.45, 2.75) is 19.4 Å². The van der Waals surface area contributed by atoms with Gasteiger partial charge in [0.15, 0.2) is 0 Å². The molecule has 0 atom stereocenters. The predicted molar refractivity (Wildman–Crippen MR) is 114 cm³/mol. The number of nitrogens with one attached hydrogen (secondary N) is 1. The van der Waals surface area contributed by atoms with E-state index in [-0.39, 0.29) is 5.69 Å². The SMILES string of the molecule is O=[N+]([O-])c1cnc(NCc2ccc(N3CCN(CC4CC4)CC3)cc2)c(Br)c1. The summed E-state index contributed by atoms with van der Waals surface area (Å²) in [6.07, 6.45) is 4.10. The van der Waals surface area contributed by atoms with Gasteiger partial charge in [0.05, 0.1) is 9.40 Å². The molecule has 7 nitrogen and oxygen atoms in total. The van der Waals surface area contributed by atoms with Gasteiger partial charge >= 0.3 is 0 Å². The largest absolute Gasteiger partial charge is 0.369 e. The van der Waals surface area contributed by atoms with Crippen LogP contribution in [0.2, 0.25) is 0 Å². The van der Waals surface area contributed by atoms with E-state index in [0.717, 1.165) is 37.7 Å². The van der Waals surface area contributed by atoms with E-state index in [4.69, 9.17) is 0 Å². The highest BCUT2D eigenvalue weighted by Crippen LogP contribution is 2.30. The van der Waals surface area contributed by atoms with Gasteiger partial charge in [-0.25, -0.2) is 4.98 Å². The third-order valence-corrected chi connectivity index (χ3v) is 5.99. The molecule has 0 bridgehead atoms. The summed E-state index contributed by atoms with van der Waals surface area (Å²) >= 11 is 3.34. The lowest BCUT2D eigenvalue weighted by atomic mass is 10.1. The van der Waals surface area contributed by atoms with E-state index in [1.807, 2.05) is 0 Å². The third kappa shape index (κ3) is 4.80. The maximum atomic E-state index is 10.8. The number of hydrogen-bond donors (Lipinski definition) is 1. The molecule has 0 spiro atoms. The van der Waals surface area contributed by atoms with Gasteiger partial charge in [0, 0.05) is 51.0 Å². The van der Waals surface area contributed by atoms with Gasteiger partial charge in [0.2, 0.25) is 0 Å². The van der Waals surface area contributed by atoms with Gasteiger partial charge in [-0.3, -0.25) is 15.0 Å². The van der Waals surface area contributed by atoms with Crippen molar-refractivity contribution >= 4 is 33.1 Å². The lowest BCUT2D eigenvalue weighted by molar-refractivity contribution is -0.385. The number of rotatable bonds is 7. The molecule has 0 unspecified atom stereocenters. The molecule has 0 radical (unpaired) electrons. The number of pyridine rings is 1. The van der Waals surface area contributed by atoms with E-state index >= 15 is 0 Å². The molecule has 1 aliphatic carbocycles. The van der Waals surface area contributed by atoms with Gasteiger partial charge in [-0.2, -0.15) is 0 Å². The van der Waals surface area contributed by atoms with Crippen LogP contribution in [-0.4, -0.2) is 47.5 Å². The average Bonchev–Trinajstić information content (AvgIpc) is 3.52.